The Morgan fingerprint density at radius 1 is 1.38 bits per heavy atom. The number of hydrogen-bond acceptors (Lipinski definition) is 2. The van der Waals surface area contributed by atoms with E-state index in [0.717, 1.165) is 12.0 Å². The van der Waals surface area contributed by atoms with Crippen LogP contribution in [0, 0.1) is 5.92 Å². The molecule has 0 spiro atoms. The maximum atomic E-state index is 3.87. The lowest BCUT2D eigenvalue weighted by atomic mass is 9.88. The maximum absolute atomic E-state index is 3.87. The smallest absolute Gasteiger partial charge is 0.0445 e. The molecule has 1 aromatic heterocycles. The summed E-state index contributed by atoms with van der Waals surface area (Å²) in [6.07, 6.45) is 6.72. The fourth-order valence-corrected chi connectivity index (χ4v) is 3.39. The molecule has 0 bridgehead atoms. The second-order valence-corrected chi connectivity index (χ2v) is 5.84. The van der Waals surface area contributed by atoms with Gasteiger partial charge in [-0.2, -0.15) is 0 Å². The Morgan fingerprint density at radius 3 is 2.56 bits per heavy atom. The van der Waals surface area contributed by atoms with Crippen LogP contribution in [-0.2, 0) is 0 Å². The van der Waals surface area contributed by atoms with E-state index in [0.29, 0.717) is 6.04 Å². The van der Waals surface area contributed by atoms with Crippen LogP contribution in [0.25, 0.3) is 0 Å². The quantitative estimate of drug-likeness (QED) is 0.775. The van der Waals surface area contributed by atoms with Gasteiger partial charge in [0.2, 0.25) is 0 Å². The van der Waals surface area contributed by atoms with E-state index in [1.165, 1.54) is 37.0 Å². The molecule has 2 heteroatoms. The first-order chi connectivity index (χ1) is 7.85. The largest absolute Gasteiger partial charge is 0.306 e. The molecule has 1 unspecified atom stereocenters. The highest BCUT2D eigenvalue weighted by molar-refractivity contribution is 7.10. The predicted octanol–water partition coefficient (Wildman–Crippen LogP) is 4.37. The van der Waals surface area contributed by atoms with Crippen molar-refractivity contribution in [2.24, 2.45) is 5.92 Å². The Morgan fingerprint density at radius 2 is 2.12 bits per heavy atom. The summed E-state index contributed by atoms with van der Waals surface area (Å²) < 4.78 is 0. The van der Waals surface area contributed by atoms with Crippen molar-refractivity contribution < 1.29 is 0 Å². The highest BCUT2D eigenvalue weighted by atomic mass is 32.1. The summed E-state index contributed by atoms with van der Waals surface area (Å²) in [4.78, 5) is 1.53. The van der Waals surface area contributed by atoms with Crippen molar-refractivity contribution in [3.05, 3.63) is 22.4 Å². The molecule has 90 valence electrons. The first-order valence-electron chi connectivity index (χ1n) is 6.64. The van der Waals surface area contributed by atoms with Gasteiger partial charge in [-0.1, -0.05) is 39.2 Å². The molecule has 1 N–H and O–H groups in total. The Bertz CT molecular complexity index is 286. The van der Waals surface area contributed by atoms with Gasteiger partial charge in [0.25, 0.3) is 0 Å². The molecule has 2 rings (SSSR count). The molecule has 1 heterocycles. The summed E-state index contributed by atoms with van der Waals surface area (Å²) in [6.45, 7) is 4.63. The fourth-order valence-electron chi connectivity index (χ4n) is 2.51. The lowest BCUT2D eigenvalue weighted by Crippen LogP contribution is -2.40. The van der Waals surface area contributed by atoms with Crippen LogP contribution in [0.1, 0.15) is 56.9 Å². The second-order valence-electron chi connectivity index (χ2n) is 4.86. The molecule has 1 fully saturated rings. The highest BCUT2D eigenvalue weighted by Gasteiger charge is 2.26. The van der Waals surface area contributed by atoms with Crippen molar-refractivity contribution in [1.29, 1.82) is 0 Å². The molecule has 1 atom stereocenters. The third-order valence-electron chi connectivity index (χ3n) is 3.89. The number of nitrogens with one attached hydrogen (secondary N) is 1. The van der Waals surface area contributed by atoms with Crippen LogP contribution in [0.2, 0.25) is 0 Å². The van der Waals surface area contributed by atoms with Crippen molar-refractivity contribution in [2.75, 3.05) is 0 Å². The van der Waals surface area contributed by atoms with Gasteiger partial charge < -0.3 is 5.32 Å². The average molecular weight is 237 g/mol. The Balaban J connectivity index is 2.05. The van der Waals surface area contributed by atoms with Gasteiger partial charge in [-0.25, -0.2) is 0 Å². The molecular formula is C14H23NS. The van der Waals surface area contributed by atoms with E-state index in [2.05, 4.69) is 36.7 Å². The van der Waals surface area contributed by atoms with Gasteiger partial charge in [0.1, 0.15) is 0 Å². The third kappa shape index (κ3) is 2.67. The lowest BCUT2D eigenvalue weighted by molar-refractivity contribution is 0.251. The SMILES string of the molecule is CCC(CC)C(NC1CCC1)c1cccs1. The van der Waals surface area contributed by atoms with Gasteiger partial charge in [-0.15, -0.1) is 11.3 Å². The number of hydrogen-bond donors (Lipinski definition) is 1. The Labute approximate surface area is 103 Å². The van der Waals surface area contributed by atoms with Crippen LogP contribution < -0.4 is 5.32 Å². The van der Waals surface area contributed by atoms with Crippen molar-refractivity contribution in [1.82, 2.24) is 5.32 Å². The molecule has 1 aromatic rings. The van der Waals surface area contributed by atoms with E-state index < -0.39 is 0 Å². The molecule has 1 nitrogen and oxygen atoms in total. The zero-order valence-electron chi connectivity index (χ0n) is 10.4. The molecule has 0 saturated heterocycles. The van der Waals surface area contributed by atoms with Crippen molar-refractivity contribution >= 4 is 11.3 Å². The van der Waals surface area contributed by atoms with E-state index in [-0.39, 0.29) is 0 Å². The average Bonchev–Trinajstić information content (AvgIpc) is 2.74. The third-order valence-corrected chi connectivity index (χ3v) is 4.85. The van der Waals surface area contributed by atoms with Crippen LogP contribution >= 0.6 is 11.3 Å². The van der Waals surface area contributed by atoms with Crippen molar-refractivity contribution in [3.63, 3.8) is 0 Å². The minimum atomic E-state index is 0.597. The van der Waals surface area contributed by atoms with E-state index in [4.69, 9.17) is 0 Å². The van der Waals surface area contributed by atoms with Gasteiger partial charge in [-0.05, 0) is 30.2 Å². The number of rotatable bonds is 6. The molecule has 0 aliphatic heterocycles. The van der Waals surface area contributed by atoms with Crippen molar-refractivity contribution in [2.45, 2.75) is 58.0 Å². The van der Waals surface area contributed by atoms with Crippen LogP contribution in [0.3, 0.4) is 0 Å². The van der Waals surface area contributed by atoms with Gasteiger partial charge in [0, 0.05) is 17.0 Å². The summed E-state index contributed by atoms with van der Waals surface area (Å²) in [5.74, 6) is 0.791. The van der Waals surface area contributed by atoms with Crippen LogP contribution in [0.5, 0.6) is 0 Å². The van der Waals surface area contributed by atoms with Crippen LogP contribution in [-0.4, -0.2) is 6.04 Å². The second kappa shape index (κ2) is 5.83. The summed E-state index contributed by atoms with van der Waals surface area (Å²) in [7, 11) is 0. The normalized spacial score (nSPS) is 18.7. The number of thiophene rings is 1. The minimum Gasteiger partial charge on any atom is -0.306 e. The first kappa shape index (κ1) is 12.1. The summed E-state index contributed by atoms with van der Waals surface area (Å²) in [6, 6.07) is 5.85. The summed E-state index contributed by atoms with van der Waals surface area (Å²) in [5.41, 5.74) is 0. The standard InChI is InChI=1S/C14H23NS/c1-3-11(4-2)14(13-9-6-10-16-13)15-12-7-5-8-12/h6,9-12,14-15H,3-5,7-8H2,1-2H3. The van der Waals surface area contributed by atoms with Gasteiger partial charge in [0.15, 0.2) is 0 Å². The topological polar surface area (TPSA) is 12.0 Å². The van der Waals surface area contributed by atoms with Gasteiger partial charge in [-0.3, -0.25) is 0 Å². The Kier molecular flexibility index (Phi) is 4.42. The Hall–Kier alpha value is -0.340. The van der Waals surface area contributed by atoms with Crippen molar-refractivity contribution in [3.8, 4) is 0 Å². The van der Waals surface area contributed by atoms with Crippen LogP contribution in [0.4, 0.5) is 0 Å². The molecule has 1 saturated carbocycles. The molecular weight excluding hydrogens is 214 g/mol. The van der Waals surface area contributed by atoms with E-state index >= 15 is 0 Å². The van der Waals surface area contributed by atoms with Gasteiger partial charge >= 0.3 is 0 Å². The van der Waals surface area contributed by atoms with E-state index in [1.54, 1.807) is 0 Å². The molecule has 0 aromatic carbocycles. The van der Waals surface area contributed by atoms with E-state index in [9.17, 15) is 0 Å². The molecule has 0 amide bonds. The molecule has 1 aliphatic rings. The van der Waals surface area contributed by atoms with Gasteiger partial charge in [0.05, 0.1) is 0 Å². The molecule has 0 radical (unpaired) electrons. The summed E-state index contributed by atoms with van der Waals surface area (Å²) in [5, 5.41) is 6.07. The predicted molar refractivity (Wildman–Crippen MR) is 71.9 cm³/mol. The fraction of sp³-hybridized carbons (Fsp3) is 0.714. The van der Waals surface area contributed by atoms with Crippen LogP contribution in [0.15, 0.2) is 17.5 Å². The molecule has 1 aliphatic carbocycles. The summed E-state index contributed by atoms with van der Waals surface area (Å²) >= 11 is 1.90. The zero-order chi connectivity index (χ0) is 11.4. The lowest BCUT2D eigenvalue weighted by Gasteiger charge is -2.34. The monoisotopic (exact) mass is 237 g/mol. The van der Waals surface area contributed by atoms with E-state index in [1.807, 2.05) is 11.3 Å². The first-order valence-corrected chi connectivity index (χ1v) is 7.52. The zero-order valence-corrected chi connectivity index (χ0v) is 11.2. The minimum absolute atomic E-state index is 0.597. The maximum Gasteiger partial charge on any atom is 0.0445 e. The highest BCUT2D eigenvalue weighted by Crippen LogP contribution is 2.33. The molecule has 16 heavy (non-hydrogen) atoms.